The van der Waals surface area contributed by atoms with E-state index in [9.17, 15) is 4.79 Å². The zero-order chi connectivity index (χ0) is 14.1. The van der Waals surface area contributed by atoms with E-state index in [4.69, 9.17) is 5.73 Å². The topological polar surface area (TPSA) is 98.7 Å². The zero-order valence-electron chi connectivity index (χ0n) is 10.7. The monoisotopic (exact) mass is 288 g/mol. The maximum absolute atomic E-state index is 12.2. The standard InChI is InChI=1S/C12H12N6OS/c1-18-6-16-9(17-18)5-15-12(19)11-10(13)7-2-3-14-4-8(7)20-11/h2-4,6H,5,13H2,1H3,(H,15,19). The molecule has 0 aliphatic rings. The summed E-state index contributed by atoms with van der Waals surface area (Å²) >= 11 is 1.33. The molecule has 102 valence electrons. The maximum atomic E-state index is 12.2. The quantitative estimate of drug-likeness (QED) is 0.747. The minimum atomic E-state index is -0.226. The van der Waals surface area contributed by atoms with E-state index >= 15 is 0 Å². The lowest BCUT2D eigenvalue weighted by atomic mass is 10.2. The third kappa shape index (κ3) is 2.21. The summed E-state index contributed by atoms with van der Waals surface area (Å²) in [5.41, 5.74) is 6.48. The highest BCUT2D eigenvalue weighted by Crippen LogP contribution is 2.32. The average Bonchev–Trinajstić information content (AvgIpc) is 3.01. The number of carbonyl (C=O) groups is 1. The van der Waals surface area contributed by atoms with Crippen molar-refractivity contribution < 1.29 is 4.79 Å². The molecule has 0 saturated heterocycles. The Labute approximate surface area is 118 Å². The second-order valence-electron chi connectivity index (χ2n) is 4.23. The number of aromatic nitrogens is 4. The summed E-state index contributed by atoms with van der Waals surface area (Å²) in [7, 11) is 1.77. The van der Waals surface area contributed by atoms with Gasteiger partial charge in [0.25, 0.3) is 5.91 Å². The molecule has 3 heterocycles. The minimum absolute atomic E-state index is 0.226. The lowest BCUT2D eigenvalue weighted by molar-refractivity contribution is 0.0955. The van der Waals surface area contributed by atoms with Crippen molar-refractivity contribution in [1.29, 1.82) is 0 Å². The van der Waals surface area contributed by atoms with Crippen LogP contribution < -0.4 is 11.1 Å². The van der Waals surface area contributed by atoms with Gasteiger partial charge in [-0.2, -0.15) is 5.10 Å². The third-order valence-corrected chi connectivity index (χ3v) is 3.95. The minimum Gasteiger partial charge on any atom is -0.397 e. The lowest BCUT2D eigenvalue weighted by Gasteiger charge is -2.01. The molecular formula is C12H12N6OS. The smallest absolute Gasteiger partial charge is 0.263 e. The first-order valence-electron chi connectivity index (χ1n) is 5.90. The van der Waals surface area contributed by atoms with Gasteiger partial charge in [0.15, 0.2) is 5.82 Å². The van der Waals surface area contributed by atoms with Gasteiger partial charge in [-0.15, -0.1) is 11.3 Å². The first-order valence-corrected chi connectivity index (χ1v) is 6.71. The number of nitrogen functional groups attached to an aromatic ring is 1. The molecule has 0 unspecified atom stereocenters. The molecule has 0 atom stereocenters. The SMILES string of the molecule is Cn1cnc(CNC(=O)c2sc3cnccc3c2N)n1. The Balaban J connectivity index is 1.80. The second kappa shape index (κ2) is 4.89. The fourth-order valence-corrected chi connectivity index (χ4v) is 2.85. The molecule has 0 aromatic carbocycles. The number of fused-ring (bicyclic) bond motifs is 1. The predicted molar refractivity (Wildman–Crippen MR) is 76.2 cm³/mol. The molecule has 3 aromatic heterocycles. The van der Waals surface area contributed by atoms with Crippen LogP contribution in [-0.2, 0) is 13.6 Å². The van der Waals surface area contributed by atoms with Crippen molar-refractivity contribution in [1.82, 2.24) is 25.1 Å². The number of carbonyl (C=O) groups excluding carboxylic acids is 1. The van der Waals surface area contributed by atoms with E-state index in [-0.39, 0.29) is 12.5 Å². The van der Waals surface area contributed by atoms with Gasteiger partial charge < -0.3 is 11.1 Å². The molecule has 0 radical (unpaired) electrons. The zero-order valence-corrected chi connectivity index (χ0v) is 11.5. The van der Waals surface area contributed by atoms with Crippen LogP contribution in [0.3, 0.4) is 0 Å². The first-order chi connectivity index (χ1) is 9.65. The van der Waals surface area contributed by atoms with Gasteiger partial charge in [0.05, 0.1) is 16.9 Å². The van der Waals surface area contributed by atoms with Gasteiger partial charge in [-0.1, -0.05) is 0 Å². The number of pyridine rings is 1. The van der Waals surface area contributed by atoms with E-state index in [0.29, 0.717) is 16.4 Å². The summed E-state index contributed by atoms with van der Waals surface area (Å²) in [6, 6.07) is 1.80. The van der Waals surface area contributed by atoms with E-state index in [1.165, 1.54) is 11.3 Å². The van der Waals surface area contributed by atoms with Crippen LogP contribution in [0.2, 0.25) is 0 Å². The molecule has 7 nitrogen and oxygen atoms in total. The van der Waals surface area contributed by atoms with Crippen molar-refractivity contribution in [3.05, 3.63) is 35.5 Å². The number of hydrogen-bond acceptors (Lipinski definition) is 6. The molecule has 20 heavy (non-hydrogen) atoms. The molecule has 3 rings (SSSR count). The first kappa shape index (κ1) is 12.5. The number of hydrogen-bond donors (Lipinski definition) is 2. The summed E-state index contributed by atoms with van der Waals surface area (Å²) in [6.07, 6.45) is 4.94. The van der Waals surface area contributed by atoms with Gasteiger partial charge in [-0.3, -0.25) is 14.5 Å². The molecule has 0 bridgehead atoms. The largest absolute Gasteiger partial charge is 0.397 e. The number of rotatable bonds is 3. The Morgan fingerprint density at radius 3 is 3.10 bits per heavy atom. The molecule has 3 N–H and O–H groups in total. The van der Waals surface area contributed by atoms with Crippen LogP contribution in [0.4, 0.5) is 5.69 Å². The van der Waals surface area contributed by atoms with Crippen LogP contribution >= 0.6 is 11.3 Å². The molecule has 0 fully saturated rings. The van der Waals surface area contributed by atoms with Crippen LogP contribution in [0.5, 0.6) is 0 Å². The Morgan fingerprint density at radius 2 is 2.40 bits per heavy atom. The third-order valence-electron chi connectivity index (χ3n) is 2.79. The summed E-state index contributed by atoms with van der Waals surface area (Å²) in [6.45, 7) is 0.269. The van der Waals surface area contributed by atoms with Crippen LogP contribution in [0, 0.1) is 0 Å². The van der Waals surface area contributed by atoms with E-state index in [1.807, 2.05) is 0 Å². The van der Waals surface area contributed by atoms with E-state index in [0.717, 1.165) is 10.1 Å². The van der Waals surface area contributed by atoms with Crippen LogP contribution in [-0.4, -0.2) is 25.7 Å². The van der Waals surface area contributed by atoms with Gasteiger partial charge in [-0.25, -0.2) is 4.98 Å². The van der Waals surface area contributed by atoms with Gasteiger partial charge in [-0.05, 0) is 6.07 Å². The summed E-state index contributed by atoms with van der Waals surface area (Å²) < 4.78 is 2.48. The van der Waals surface area contributed by atoms with E-state index in [1.54, 1.807) is 36.5 Å². The van der Waals surface area contributed by atoms with Crippen molar-refractivity contribution in [2.45, 2.75) is 6.54 Å². The van der Waals surface area contributed by atoms with Crippen molar-refractivity contribution in [2.75, 3.05) is 5.73 Å². The summed E-state index contributed by atoms with van der Waals surface area (Å²) in [5, 5.41) is 7.71. The Hall–Kier alpha value is -2.48. The van der Waals surface area contributed by atoms with Crippen molar-refractivity contribution in [3.8, 4) is 0 Å². The second-order valence-corrected chi connectivity index (χ2v) is 5.29. The number of thiophene rings is 1. The molecule has 8 heteroatoms. The molecule has 1 amide bonds. The van der Waals surface area contributed by atoms with Crippen molar-refractivity contribution in [3.63, 3.8) is 0 Å². The van der Waals surface area contributed by atoms with Crippen molar-refractivity contribution in [2.24, 2.45) is 7.05 Å². The fraction of sp³-hybridized carbons (Fsp3) is 0.167. The van der Waals surface area contributed by atoms with Crippen LogP contribution in [0.15, 0.2) is 24.8 Å². The predicted octanol–water partition coefficient (Wildman–Crippen LogP) is 0.937. The van der Waals surface area contributed by atoms with Gasteiger partial charge in [0.1, 0.15) is 11.2 Å². The Morgan fingerprint density at radius 1 is 1.55 bits per heavy atom. The number of nitrogens with one attached hydrogen (secondary N) is 1. The van der Waals surface area contributed by atoms with E-state index in [2.05, 4.69) is 20.4 Å². The Bertz CT molecular complexity index is 777. The number of anilines is 1. The number of nitrogens with two attached hydrogens (primary N) is 1. The molecular weight excluding hydrogens is 276 g/mol. The molecule has 3 aromatic rings. The molecule has 0 spiro atoms. The normalized spacial score (nSPS) is 10.8. The Kier molecular flexibility index (Phi) is 3.07. The highest BCUT2D eigenvalue weighted by atomic mass is 32.1. The lowest BCUT2D eigenvalue weighted by Crippen LogP contribution is -2.23. The average molecular weight is 288 g/mol. The number of amides is 1. The molecule has 0 aliphatic heterocycles. The molecule has 0 aliphatic carbocycles. The van der Waals surface area contributed by atoms with Crippen LogP contribution in [0.25, 0.3) is 10.1 Å². The van der Waals surface area contributed by atoms with Gasteiger partial charge in [0, 0.05) is 24.8 Å². The van der Waals surface area contributed by atoms with Gasteiger partial charge >= 0.3 is 0 Å². The summed E-state index contributed by atoms with van der Waals surface area (Å²) in [4.78, 5) is 20.7. The maximum Gasteiger partial charge on any atom is 0.263 e. The highest BCUT2D eigenvalue weighted by molar-refractivity contribution is 7.21. The van der Waals surface area contributed by atoms with E-state index < -0.39 is 0 Å². The highest BCUT2D eigenvalue weighted by Gasteiger charge is 2.16. The number of aryl methyl sites for hydroxylation is 1. The molecule has 0 saturated carbocycles. The van der Waals surface area contributed by atoms with Gasteiger partial charge in [0.2, 0.25) is 0 Å². The van der Waals surface area contributed by atoms with Crippen LogP contribution in [0.1, 0.15) is 15.5 Å². The number of nitrogens with zero attached hydrogens (tertiary/aromatic N) is 4. The van der Waals surface area contributed by atoms with Crippen molar-refractivity contribution >= 4 is 33.0 Å². The summed E-state index contributed by atoms with van der Waals surface area (Å²) in [5.74, 6) is 0.332. The fourth-order valence-electron chi connectivity index (χ4n) is 1.84.